The number of amides is 1. The summed E-state index contributed by atoms with van der Waals surface area (Å²) in [7, 11) is 0. The van der Waals surface area contributed by atoms with E-state index in [1.807, 2.05) is 0 Å². The maximum absolute atomic E-state index is 11.8. The zero-order chi connectivity index (χ0) is 15.4. The van der Waals surface area contributed by atoms with Crippen molar-refractivity contribution in [2.45, 2.75) is 13.8 Å². The van der Waals surface area contributed by atoms with Crippen molar-refractivity contribution in [3.63, 3.8) is 0 Å². The van der Waals surface area contributed by atoms with Crippen LogP contribution in [0.3, 0.4) is 0 Å². The maximum Gasteiger partial charge on any atom is 0.435 e. The molecule has 112 valence electrons. The second kappa shape index (κ2) is 6.12. The Morgan fingerprint density at radius 1 is 1.29 bits per heavy atom. The molecule has 2 aromatic rings. The Morgan fingerprint density at radius 2 is 2.00 bits per heavy atom. The van der Waals surface area contributed by atoms with Gasteiger partial charge >= 0.3 is 12.2 Å². The third kappa shape index (κ3) is 3.04. The molecule has 8 nitrogen and oxygen atoms in total. The van der Waals surface area contributed by atoms with Crippen LogP contribution in [-0.2, 0) is 9.47 Å². The van der Waals surface area contributed by atoms with E-state index in [9.17, 15) is 9.59 Å². The molecule has 8 heteroatoms. The molecule has 3 N–H and O–H groups in total. The molecule has 0 aliphatic heterocycles. The van der Waals surface area contributed by atoms with Crippen molar-refractivity contribution >= 4 is 34.6 Å². The molecule has 0 spiro atoms. The number of nitrogens with two attached hydrogens (primary N) is 1. The molecule has 0 aliphatic rings. The number of nitrogens with one attached hydrogen (secondary N) is 1. The van der Waals surface area contributed by atoms with Crippen LogP contribution in [0.25, 0.3) is 10.9 Å². The fourth-order valence-electron chi connectivity index (χ4n) is 1.83. The van der Waals surface area contributed by atoms with Crippen LogP contribution < -0.4 is 11.1 Å². The van der Waals surface area contributed by atoms with Crippen molar-refractivity contribution in [2.24, 2.45) is 0 Å². The van der Waals surface area contributed by atoms with Gasteiger partial charge in [0.25, 0.3) is 0 Å². The lowest BCUT2D eigenvalue weighted by atomic mass is 10.2. The second-order valence-corrected chi connectivity index (χ2v) is 4.07. The molecule has 0 radical (unpaired) electrons. The number of ether oxygens (including phenoxy) is 2. The third-order valence-corrected chi connectivity index (χ3v) is 2.67. The molecule has 2 rings (SSSR count). The second-order valence-electron chi connectivity index (χ2n) is 4.07. The van der Waals surface area contributed by atoms with Crippen molar-refractivity contribution < 1.29 is 19.1 Å². The first-order valence-electron chi connectivity index (χ1n) is 6.46. The summed E-state index contributed by atoms with van der Waals surface area (Å²) >= 11 is 0. The van der Waals surface area contributed by atoms with Crippen LogP contribution >= 0.6 is 0 Å². The van der Waals surface area contributed by atoms with Gasteiger partial charge in [0.15, 0.2) is 5.82 Å². The van der Waals surface area contributed by atoms with E-state index in [2.05, 4.69) is 10.4 Å². The van der Waals surface area contributed by atoms with Crippen molar-refractivity contribution in [2.75, 3.05) is 24.3 Å². The predicted molar refractivity (Wildman–Crippen MR) is 77.2 cm³/mol. The molecule has 0 aliphatic carbocycles. The summed E-state index contributed by atoms with van der Waals surface area (Å²) in [5.41, 5.74) is 6.78. The van der Waals surface area contributed by atoms with Crippen LogP contribution in [0.15, 0.2) is 18.2 Å². The van der Waals surface area contributed by atoms with Gasteiger partial charge in [-0.15, -0.1) is 5.10 Å². The Hall–Kier alpha value is -2.77. The highest BCUT2D eigenvalue weighted by Gasteiger charge is 2.15. The minimum atomic E-state index is -0.606. The molecule has 1 aromatic carbocycles. The smallest absolute Gasteiger partial charge is 0.435 e. The molecule has 21 heavy (non-hydrogen) atoms. The molecule has 0 atom stereocenters. The number of carbonyl (C=O) groups is 2. The van der Waals surface area contributed by atoms with E-state index in [-0.39, 0.29) is 19.0 Å². The van der Waals surface area contributed by atoms with Crippen LogP contribution in [0.1, 0.15) is 13.8 Å². The summed E-state index contributed by atoms with van der Waals surface area (Å²) < 4.78 is 10.8. The average Bonchev–Trinajstić information content (AvgIpc) is 2.77. The number of hydrogen-bond donors (Lipinski definition) is 2. The fraction of sp³-hybridized carbons (Fsp3) is 0.308. The van der Waals surface area contributed by atoms with Gasteiger partial charge < -0.3 is 15.2 Å². The molecule has 0 saturated carbocycles. The van der Waals surface area contributed by atoms with Gasteiger partial charge in [-0.2, -0.15) is 4.68 Å². The Labute approximate surface area is 120 Å². The molecule has 0 saturated heterocycles. The number of rotatable bonds is 3. The molecular weight excluding hydrogens is 276 g/mol. The first-order valence-corrected chi connectivity index (χ1v) is 6.46. The standard InChI is InChI=1S/C13H16N4O4/c1-3-20-12(18)15-8-5-6-10-9(7-8)11(14)16-17(10)13(19)21-4-2/h5-7H,3-4H2,1-2H3,(H2,14,16)(H,15,18). The quantitative estimate of drug-likeness (QED) is 0.897. The van der Waals surface area contributed by atoms with E-state index in [1.165, 1.54) is 0 Å². The Morgan fingerprint density at radius 3 is 2.67 bits per heavy atom. The van der Waals surface area contributed by atoms with E-state index in [0.717, 1.165) is 4.68 Å². The SMILES string of the molecule is CCOC(=O)Nc1ccc2c(c1)c(N)nn2C(=O)OCC. The van der Waals surface area contributed by atoms with Crippen molar-refractivity contribution in [1.29, 1.82) is 0 Å². The third-order valence-electron chi connectivity index (χ3n) is 2.67. The Balaban J connectivity index is 2.34. The van der Waals surface area contributed by atoms with Crippen LogP contribution in [0.5, 0.6) is 0 Å². The zero-order valence-corrected chi connectivity index (χ0v) is 11.8. The number of nitrogen functional groups attached to an aromatic ring is 1. The highest BCUT2D eigenvalue weighted by molar-refractivity contribution is 5.98. The van der Waals surface area contributed by atoms with Gasteiger partial charge in [-0.05, 0) is 32.0 Å². The number of anilines is 2. The number of benzene rings is 1. The highest BCUT2D eigenvalue weighted by Crippen LogP contribution is 2.24. The molecule has 0 fully saturated rings. The van der Waals surface area contributed by atoms with E-state index < -0.39 is 12.2 Å². The van der Waals surface area contributed by atoms with E-state index in [0.29, 0.717) is 16.6 Å². The van der Waals surface area contributed by atoms with Gasteiger partial charge in [0.05, 0.1) is 18.7 Å². The summed E-state index contributed by atoms with van der Waals surface area (Å²) in [5.74, 6) is 0.172. The van der Waals surface area contributed by atoms with E-state index >= 15 is 0 Å². The number of hydrogen-bond acceptors (Lipinski definition) is 6. The summed E-state index contributed by atoms with van der Waals surface area (Å²) in [4.78, 5) is 23.1. The predicted octanol–water partition coefficient (Wildman–Crippen LogP) is 2.19. The minimum Gasteiger partial charge on any atom is -0.450 e. The lowest BCUT2D eigenvalue weighted by Gasteiger charge is -2.05. The van der Waals surface area contributed by atoms with E-state index in [4.69, 9.17) is 15.2 Å². The summed E-state index contributed by atoms with van der Waals surface area (Å²) in [5, 5.41) is 7.04. The maximum atomic E-state index is 11.8. The normalized spacial score (nSPS) is 10.4. The van der Waals surface area contributed by atoms with Gasteiger partial charge in [-0.1, -0.05) is 0 Å². The molecular formula is C13H16N4O4. The van der Waals surface area contributed by atoms with Gasteiger partial charge in [0.2, 0.25) is 0 Å². The first-order chi connectivity index (χ1) is 10.1. The van der Waals surface area contributed by atoms with Crippen molar-refractivity contribution in [3.8, 4) is 0 Å². The van der Waals surface area contributed by atoms with Crippen molar-refractivity contribution in [1.82, 2.24) is 9.78 Å². The average molecular weight is 292 g/mol. The van der Waals surface area contributed by atoms with Crippen LogP contribution in [0, 0.1) is 0 Å². The van der Waals surface area contributed by atoms with Gasteiger partial charge in [-0.25, -0.2) is 9.59 Å². The summed E-state index contributed by atoms with van der Waals surface area (Å²) in [6.45, 7) is 3.93. The number of fused-ring (bicyclic) bond motifs is 1. The van der Waals surface area contributed by atoms with Gasteiger partial charge in [0.1, 0.15) is 0 Å². The number of carbonyl (C=O) groups excluding carboxylic acids is 2. The lowest BCUT2D eigenvalue weighted by Crippen LogP contribution is -2.15. The van der Waals surface area contributed by atoms with Gasteiger partial charge in [-0.3, -0.25) is 5.32 Å². The minimum absolute atomic E-state index is 0.172. The lowest BCUT2D eigenvalue weighted by molar-refractivity contribution is 0.151. The topological polar surface area (TPSA) is 108 Å². The zero-order valence-electron chi connectivity index (χ0n) is 11.8. The highest BCUT2D eigenvalue weighted by atomic mass is 16.6. The largest absolute Gasteiger partial charge is 0.450 e. The van der Waals surface area contributed by atoms with Gasteiger partial charge in [0, 0.05) is 11.1 Å². The number of aromatic nitrogens is 2. The van der Waals surface area contributed by atoms with E-state index in [1.54, 1.807) is 32.0 Å². The van der Waals surface area contributed by atoms with Crippen molar-refractivity contribution in [3.05, 3.63) is 18.2 Å². The Bertz CT molecular complexity index is 680. The number of nitrogens with zero attached hydrogens (tertiary/aromatic N) is 2. The van der Waals surface area contributed by atoms with Crippen LogP contribution in [0.2, 0.25) is 0 Å². The van der Waals surface area contributed by atoms with Crippen LogP contribution in [-0.4, -0.2) is 35.2 Å². The molecule has 1 aromatic heterocycles. The fourth-order valence-corrected chi connectivity index (χ4v) is 1.83. The van der Waals surface area contributed by atoms with Crippen LogP contribution in [0.4, 0.5) is 21.1 Å². The monoisotopic (exact) mass is 292 g/mol. The Kier molecular flexibility index (Phi) is 4.27. The molecule has 0 bridgehead atoms. The summed E-state index contributed by atoms with van der Waals surface area (Å²) in [6.07, 6.45) is -1.17. The molecule has 0 unspecified atom stereocenters. The summed E-state index contributed by atoms with van der Waals surface area (Å²) in [6, 6.07) is 4.86. The molecule has 1 heterocycles. The first kappa shape index (κ1) is 14.6. The molecule has 1 amide bonds.